The minimum Gasteiger partial charge on any atom is -0.323 e. The SMILES string of the molecule is Cc1c(C)[n+](C)[c-]n1-c1ccccc1. The van der Waals surface area contributed by atoms with E-state index in [2.05, 4.69) is 36.9 Å². The molecule has 72 valence electrons. The largest absolute Gasteiger partial charge is 0.323 e. The van der Waals surface area contributed by atoms with Crippen molar-refractivity contribution in [3.8, 4) is 5.69 Å². The van der Waals surface area contributed by atoms with E-state index in [1.54, 1.807) is 0 Å². The van der Waals surface area contributed by atoms with Crippen LogP contribution in [-0.4, -0.2) is 4.57 Å². The summed E-state index contributed by atoms with van der Waals surface area (Å²) < 4.78 is 4.09. The fraction of sp³-hybridized carbons (Fsp3) is 0.250. The standard InChI is InChI=1S/C12H14N2/c1-10-11(2)14(9-13(10)3)12-7-5-4-6-8-12/h4-8H,1-3H3. The zero-order valence-corrected chi connectivity index (χ0v) is 8.78. The van der Waals surface area contributed by atoms with Crippen molar-refractivity contribution in [2.45, 2.75) is 13.8 Å². The maximum absolute atomic E-state index is 3.26. The van der Waals surface area contributed by atoms with Crippen molar-refractivity contribution < 1.29 is 4.57 Å². The molecule has 0 fully saturated rings. The molecule has 0 aliphatic carbocycles. The molecule has 0 saturated heterocycles. The molecule has 0 atom stereocenters. The lowest BCUT2D eigenvalue weighted by atomic mass is 10.3. The number of imidazole rings is 1. The first kappa shape index (κ1) is 9.00. The van der Waals surface area contributed by atoms with Gasteiger partial charge in [0, 0.05) is 11.4 Å². The third-order valence-corrected chi connectivity index (χ3v) is 2.63. The Bertz CT molecular complexity index is 441. The molecular weight excluding hydrogens is 172 g/mol. The van der Waals surface area contributed by atoms with E-state index in [4.69, 9.17) is 0 Å². The van der Waals surface area contributed by atoms with Gasteiger partial charge in [0.2, 0.25) is 6.33 Å². The van der Waals surface area contributed by atoms with Crippen LogP contribution in [0.5, 0.6) is 0 Å². The van der Waals surface area contributed by atoms with Crippen molar-refractivity contribution >= 4 is 0 Å². The van der Waals surface area contributed by atoms with Crippen LogP contribution in [0.25, 0.3) is 5.69 Å². The van der Waals surface area contributed by atoms with E-state index >= 15 is 0 Å². The van der Waals surface area contributed by atoms with Gasteiger partial charge in [-0.3, -0.25) is 0 Å². The molecule has 0 amide bonds. The van der Waals surface area contributed by atoms with Gasteiger partial charge in [-0.1, -0.05) is 30.3 Å². The number of rotatable bonds is 1. The Morgan fingerprint density at radius 1 is 1.14 bits per heavy atom. The van der Waals surface area contributed by atoms with Gasteiger partial charge in [-0.15, -0.1) is 0 Å². The molecule has 0 aliphatic heterocycles. The molecule has 1 aromatic heterocycles. The van der Waals surface area contributed by atoms with Crippen molar-refractivity contribution in [1.29, 1.82) is 0 Å². The minimum absolute atomic E-state index is 1.16. The van der Waals surface area contributed by atoms with Crippen molar-refractivity contribution in [2.24, 2.45) is 7.05 Å². The van der Waals surface area contributed by atoms with Crippen LogP contribution in [0.1, 0.15) is 11.4 Å². The summed E-state index contributed by atoms with van der Waals surface area (Å²) in [5.41, 5.74) is 3.64. The predicted molar refractivity (Wildman–Crippen MR) is 55.3 cm³/mol. The lowest BCUT2D eigenvalue weighted by Gasteiger charge is -2.04. The first-order valence-corrected chi connectivity index (χ1v) is 4.73. The summed E-state index contributed by atoms with van der Waals surface area (Å²) in [5.74, 6) is 0. The molecular formula is C12H14N2. The smallest absolute Gasteiger partial charge is 0.243 e. The Labute approximate surface area is 84.4 Å². The molecule has 0 N–H and O–H groups in total. The Balaban J connectivity index is 2.58. The molecule has 1 heterocycles. The first-order chi connectivity index (χ1) is 6.70. The predicted octanol–water partition coefficient (Wildman–Crippen LogP) is 1.72. The molecule has 0 aliphatic rings. The normalized spacial score (nSPS) is 10.5. The van der Waals surface area contributed by atoms with Gasteiger partial charge in [0.1, 0.15) is 0 Å². The second-order valence-electron chi connectivity index (χ2n) is 3.50. The number of aromatic nitrogens is 2. The van der Waals surface area contributed by atoms with Crippen LogP contribution < -0.4 is 4.57 Å². The van der Waals surface area contributed by atoms with Gasteiger partial charge >= 0.3 is 0 Å². The summed E-state index contributed by atoms with van der Waals surface area (Å²) in [6.45, 7) is 4.21. The van der Waals surface area contributed by atoms with Crippen LogP contribution >= 0.6 is 0 Å². The van der Waals surface area contributed by atoms with Gasteiger partial charge in [0.25, 0.3) is 0 Å². The summed E-state index contributed by atoms with van der Waals surface area (Å²) in [4.78, 5) is 0. The van der Waals surface area contributed by atoms with Gasteiger partial charge in [-0.2, -0.15) is 0 Å². The molecule has 2 nitrogen and oxygen atoms in total. The minimum atomic E-state index is 1.16. The molecule has 0 saturated carbocycles. The average Bonchev–Trinajstić information content (AvgIpc) is 2.47. The third-order valence-electron chi connectivity index (χ3n) is 2.63. The van der Waals surface area contributed by atoms with Gasteiger partial charge in [-0.25, -0.2) is 0 Å². The molecule has 1 aromatic carbocycles. The highest BCUT2D eigenvalue weighted by atomic mass is 15.1. The zero-order chi connectivity index (χ0) is 10.1. The third kappa shape index (κ3) is 1.33. The van der Waals surface area contributed by atoms with E-state index in [1.165, 1.54) is 11.4 Å². The Morgan fingerprint density at radius 3 is 2.29 bits per heavy atom. The fourth-order valence-electron chi connectivity index (χ4n) is 1.53. The van der Waals surface area contributed by atoms with Gasteiger partial charge in [0.05, 0.1) is 12.7 Å². The molecule has 0 radical (unpaired) electrons. The number of hydrogen-bond acceptors (Lipinski definition) is 0. The number of para-hydroxylation sites is 1. The van der Waals surface area contributed by atoms with E-state index in [0.29, 0.717) is 0 Å². The van der Waals surface area contributed by atoms with Crippen LogP contribution in [0.3, 0.4) is 0 Å². The number of hydrogen-bond donors (Lipinski definition) is 0. The number of nitrogens with zero attached hydrogens (tertiary/aromatic N) is 2. The van der Waals surface area contributed by atoms with E-state index in [9.17, 15) is 0 Å². The quantitative estimate of drug-likeness (QED) is 0.473. The summed E-state index contributed by atoms with van der Waals surface area (Å²) in [5, 5.41) is 0. The van der Waals surface area contributed by atoms with Crippen LogP contribution in [0.2, 0.25) is 0 Å². The molecule has 0 spiro atoms. The number of aryl methyl sites for hydroxylation is 1. The highest BCUT2D eigenvalue weighted by molar-refractivity contribution is 5.33. The maximum atomic E-state index is 3.26. The first-order valence-electron chi connectivity index (χ1n) is 4.73. The van der Waals surface area contributed by atoms with Gasteiger partial charge in [-0.05, 0) is 13.8 Å². The van der Waals surface area contributed by atoms with Gasteiger partial charge in [0.15, 0.2) is 0 Å². The molecule has 0 unspecified atom stereocenters. The van der Waals surface area contributed by atoms with Crippen LogP contribution in [0.4, 0.5) is 0 Å². The molecule has 0 bridgehead atoms. The zero-order valence-electron chi connectivity index (χ0n) is 8.78. The molecule has 2 heteroatoms. The number of benzene rings is 1. The van der Waals surface area contributed by atoms with Crippen molar-refractivity contribution in [1.82, 2.24) is 4.57 Å². The molecule has 2 rings (SSSR count). The topological polar surface area (TPSA) is 8.81 Å². The fourth-order valence-corrected chi connectivity index (χ4v) is 1.53. The second-order valence-corrected chi connectivity index (χ2v) is 3.50. The van der Waals surface area contributed by atoms with Crippen LogP contribution in [0, 0.1) is 20.2 Å². The van der Waals surface area contributed by atoms with Crippen LogP contribution in [0.15, 0.2) is 30.3 Å². The van der Waals surface area contributed by atoms with E-state index < -0.39 is 0 Å². The maximum Gasteiger partial charge on any atom is 0.243 e. The highest BCUT2D eigenvalue weighted by Crippen LogP contribution is 2.10. The molecule has 2 aromatic rings. The van der Waals surface area contributed by atoms with Crippen molar-refractivity contribution in [3.63, 3.8) is 0 Å². The average molecular weight is 186 g/mol. The summed E-state index contributed by atoms with van der Waals surface area (Å²) in [7, 11) is 2.02. The summed E-state index contributed by atoms with van der Waals surface area (Å²) in [6.07, 6.45) is 3.26. The lowest BCUT2D eigenvalue weighted by Crippen LogP contribution is -2.29. The lowest BCUT2D eigenvalue weighted by molar-refractivity contribution is -0.681. The second kappa shape index (κ2) is 3.29. The van der Waals surface area contributed by atoms with E-state index in [1.807, 2.05) is 29.8 Å². The van der Waals surface area contributed by atoms with E-state index in [0.717, 1.165) is 5.69 Å². The Hall–Kier alpha value is -1.57. The monoisotopic (exact) mass is 186 g/mol. The van der Waals surface area contributed by atoms with E-state index in [-0.39, 0.29) is 0 Å². The van der Waals surface area contributed by atoms with Gasteiger partial charge < -0.3 is 9.13 Å². The molecule has 14 heavy (non-hydrogen) atoms. The summed E-state index contributed by atoms with van der Waals surface area (Å²) >= 11 is 0. The van der Waals surface area contributed by atoms with Crippen molar-refractivity contribution in [2.75, 3.05) is 0 Å². The Morgan fingerprint density at radius 2 is 1.79 bits per heavy atom. The van der Waals surface area contributed by atoms with Crippen molar-refractivity contribution in [3.05, 3.63) is 48.0 Å². The highest BCUT2D eigenvalue weighted by Gasteiger charge is 2.05. The van der Waals surface area contributed by atoms with Crippen LogP contribution in [-0.2, 0) is 7.05 Å². The Kier molecular flexibility index (Phi) is 2.12. The summed E-state index contributed by atoms with van der Waals surface area (Å²) in [6, 6.07) is 10.3.